The van der Waals surface area contributed by atoms with Crippen molar-refractivity contribution < 1.29 is 9.53 Å². The molecule has 0 bridgehead atoms. The highest BCUT2D eigenvalue weighted by Gasteiger charge is 2.19. The van der Waals surface area contributed by atoms with Crippen LogP contribution in [0.5, 0.6) is 0 Å². The standard InChI is InChI=1S/C11H23NO2/c1-5-6-9(4)7-14-11(13)10(12)8(2)3/h8-10H,5-7,12H2,1-4H3. The lowest BCUT2D eigenvalue weighted by atomic mass is 10.1. The Kier molecular flexibility index (Phi) is 6.54. The van der Waals surface area contributed by atoms with Crippen molar-refractivity contribution in [1.82, 2.24) is 0 Å². The molecule has 0 heterocycles. The van der Waals surface area contributed by atoms with E-state index in [4.69, 9.17) is 10.5 Å². The number of carbonyl (C=O) groups excluding carboxylic acids is 1. The number of hydrogen-bond acceptors (Lipinski definition) is 3. The molecule has 3 heteroatoms. The average molecular weight is 201 g/mol. The van der Waals surface area contributed by atoms with Crippen molar-refractivity contribution >= 4 is 5.97 Å². The van der Waals surface area contributed by atoms with Crippen LogP contribution in [-0.2, 0) is 9.53 Å². The molecule has 0 aromatic heterocycles. The summed E-state index contributed by atoms with van der Waals surface area (Å²) in [6, 6.07) is -0.483. The molecule has 0 spiro atoms. The third kappa shape index (κ3) is 5.22. The molecule has 0 aliphatic heterocycles. The maximum absolute atomic E-state index is 11.3. The molecular weight excluding hydrogens is 178 g/mol. The molecule has 0 fully saturated rings. The second-order valence-electron chi connectivity index (χ2n) is 4.29. The summed E-state index contributed by atoms with van der Waals surface area (Å²) in [5.41, 5.74) is 5.65. The first-order valence-electron chi connectivity index (χ1n) is 5.41. The van der Waals surface area contributed by atoms with E-state index in [-0.39, 0.29) is 11.9 Å². The third-order valence-electron chi connectivity index (χ3n) is 2.28. The first-order chi connectivity index (χ1) is 6.49. The van der Waals surface area contributed by atoms with Gasteiger partial charge >= 0.3 is 5.97 Å². The van der Waals surface area contributed by atoms with Crippen LogP contribution >= 0.6 is 0 Å². The van der Waals surface area contributed by atoms with Crippen LogP contribution in [-0.4, -0.2) is 18.6 Å². The Balaban J connectivity index is 3.73. The molecule has 14 heavy (non-hydrogen) atoms. The number of nitrogens with two attached hydrogens (primary N) is 1. The molecular formula is C11H23NO2. The lowest BCUT2D eigenvalue weighted by Crippen LogP contribution is -2.37. The van der Waals surface area contributed by atoms with Gasteiger partial charge in [0.25, 0.3) is 0 Å². The fourth-order valence-electron chi connectivity index (χ4n) is 1.17. The molecule has 0 radical (unpaired) electrons. The molecule has 2 unspecified atom stereocenters. The van der Waals surface area contributed by atoms with Gasteiger partial charge in [-0.25, -0.2) is 0 Å². The molecule has 0 aliphatic rings. The van der Waals surface area contributed by atoms with Crippen molar-refractivity contribution in [3.63, 3.8) is 0 Å². The molecule has 84 valence electrons. The number of rotatable bonds is 6. The number of esters is 1. The van der Waals surface area contributed by atoms with Gasteiger partial charge in [-0.2, -0.15) is 0 Å². The van der Waals surface area contributed by atoms with Gasteiger partial charge in [0.1, 0.15) is 6.04 Å². The summed E-state index contributed by atoms with van der Waals surface area (Å²) in [6.07, 6.45) is 2.21. The predicted octanol–water partition coefficient (Wildman–Crippen LogP) is 1.95. The third-order valence-corrected chi connectivity index (χ3v) is 2.28. The Hall–Kier alpha value is -0.570. The molecule has 2 atom stereocenters. The smallest absolute Gasteiger partial charge is 0.323 e. The average Bonchev–Trinajstić information content (AvgIpc) is 2.13. The zero-order valence-electron chi connectivity index (χ0n) is 9.75. The summed E-state index contributed by atoms with van der Waals surface area (Å²) in [7, 11) is 0. The molecule has 0 saturated carbocycles. The van der Waals surface area contributed by atoms with Crippen LogP contribution < -0.4 is 5.73 Å². The molecule has 0 aliphatic carbocycles. The van der Waals surface area contributed by atoms with Crippen LogP contribution in [0, 0.1) is 11.8 Å². The van der Waals surface area contributed by atoms with E-state index in [0.29, 0.717) is 12.5 Å². The van der Waals surface area contributed by atoms with Crippen molar-refractivity contribution in [2.75, 3.05) is 6.61 Å². The fraction of sp³-hybridized carbons (Fsp3) is 0.909. The summed E-state index contributed by atoms with van der Waals surface area (Å²) in [5, 5.41) is 0. The molecule has 2 N–H and O–H groups in total. The maximum atomic E-state index is 11.3. The second-order valence-corrected chi connectivity index (χ2v) is 4.29. The summed E-state index contributed by atoms with van der Waals surface area (Å²) in [4.78, 5) is 11.3. The predicted molar refractivity (Wildman–Crippen MR) is 57.8 cm³/mol. The lowest BCUT2D eigenvalue weighted by molar-refractivity contribution is -0.147. The van der Waals surface area contributed by atoms with E-state index in [1.165, 1.54) is 0 Å². The maximum Gasteiger partial charge on any atom is 0.323 e. The molecule has 0 aromatic carbocycles. The van der Waals surface area contributed by atoms with Crippen LogP contribution in [0.25, 0.3) is 0 Å². The van der Waals surface area contributed by atoms with E-state index in [1.54, 1.807) is 0 Å². The van der Waals surface area contributed by atoms with E-state index in [0.717, 1.165) is 12.8 Å². The topological polar surface area (TPSA) is 52.3 Å². The monoisotopic (exact) mass is 201 g/mol. The minimum Gasteiger partial charge on any atom is -0.464 e. The van der Waals surface area contributed by atoms with Gasteiger partial charge in [-0.3, -0.25) is 4.79 Å². The van der Waals surface area contributed by atoms with Crippen molar-refractivity contribution in [3.8, 4) is 0 Å². The molecule has 0 amide bonds. The van der Waals surface area contributed by atoms with E-state index < -0.39 is 6.04 Å². The summed E-state index contributed by atoms with van der Waals surface area (Å²) in [6.45, 7) is 8.53. The highest BCUT2D eigenvalue weighted by Crippen LogP contribution is 2.07. The Morgan fingerprint density at radius 1 is 1.36 bits per heavy atom. The van der Waals surface area contributed by atoms with Crippen LogP contribution in [0.15, 0.2) is 0 Å². The van der Waals surface area contributed by atoms with Crippen LogP contribution in [0.2, 0.25) is 0 Å². The van der Waals surface area contributed by atoms with Crippen LogP contribution in [0.1, 0.15) is 40.5 Å². The van der Waals surface area contributed by atoms with Crippen molar-refractivity contribution in [2.24, 2.45) is 17.6 Å². The van der Waals surface area contributed by atoms with E-state index in [2.05, 4.69) is 13.8 Å². The minimum absolute atomic E-state index is 0.143. The quantitative estimate of drug-likeness (QED) is 0.668. The van der Waals surface area contributed by atoms with Crippen molar-refractivity contribution in [3.05, 3.63) is 0 Å². The van der Waals surface area contributed by atoms with Gasteiger partial charge in [-0.1, -0.05) is 34.1 Å². The molecule has 3 nitrogen and oxygen atoms in total. The molecule has 0 aromatic rings. The first kappa shape index (κ1) is 13.4. The number of hydrogen-bond donors (Lipinski definition) is 1. The number of carbonyl (C=O) groups is 1. The van der Waals surface area contributed by atoms with Gasteiger partial charge in [0.2, 0.25) is 0 Å². The van der Waals surface area contributed by atoms with Gasteiger partial charge in [0.15, 0.2) is 0 Å². The van der Waals surface area contributed by atoms with Crippen molar-refractivity contribution in [1.29, 1.82) is 0 Å². The SMILES string of the molecule is CCCC(C)COC(=O)C(N)C(C)C. The zero-order valence-corrected chi connectivity index (χ0v) is 9.75. The normalized spacial score (nSPS) is 15.3. The zero-order chi connectivity index (χ0) is 11.1. The Labute approximate surface area is 87.0 Å². The van der Waals surface area contributed by atoms with Crippen molar-refractivity contribution in [2.45, 2.75) is 46.6 Å². The Morgan fingerprint density at radius 3 is 2.36 bits per heavy atom. The largest absolute Gasteiger partial charge is 0.464 e. The van der Waals surface area contributed by atoms with E-state index >= 15 is 0 Å². The van der Waals surface area contributed by atoms with Gasteiger partial charge in [0.05, 0.1) is 6.61 Å². The van der Waals surface area contributed by atoms with Gasteiger partial charge < -0.3 is 10.5 Å². The highest BCUT2D eigenvalue weighted by molar-refractivity contribution is 5.75. The first-order valence-corrected chi connectivity index (χ1v) is 5.41. The lowest BCUT2D eigenvalue weighted by Gasteiger charge is -2.16. The molecule has 0 saturated heterocycles. The van der Waals surface area contributed by atoms with Gasteiger partial charge in [-0.05, 0) is 18.3 Å². The van der Waals surface area contributed by atoms with Crippen LogP contribution in [0.3, 0.4) is 0 Å². The number of ether oxygens (including phenoxy) is 1. The summed E-state index contributed by atoms with van der Waals surface area (Å²) in [5.74, 6) is 0.301. The fourth-order valence-corrected chi connectivity index (χ4v) is 1.17. The summed E-state index contributed by atoms with van der Waals surface area (Å²) >= 11 is 0. The van der Waals surface area contributed by atoms with Crippen LogP contribution in [0.4, 0.5) is 0 Å². The Morgan fingerprint density at radius 2 is 1.93 bits per heavy atom. The van der Waals surface area contributed by atoms with E-state index in [1.807, 2.05) is 13.8 Å². The van der Waals surface area contributed by atoms with Gasteiger partial charge in [0, 0.05) is 0 Å². The summed E-state index contributed by atoms with van der Waals surface area (Å²) < 4.78 is 5.12. The molecule has 0 rings (SSSR count). The minimum atomic E-state index is -0.483. The second kappa shape index (κ2) is 6.82. The highest BCUT2D eigenvalue weighted by atomic mass is 16.5. The van der Waals surface area contributed by atoms with E-state index in [9.17, 15) is 4.79 Å². The Bertz CT molecular complexity index is 169. The van der Waals surface area contributed by atoms with Gasteiger partial charge in [-0.15, -0.1) is 0 Å².